The van der Waals surface area contributed by atoms with Crippen molar-refractivity contribution in [2.24, 2.45) is 0 Å². The molecule has 1 amide bonds. The Morgan fingerprint density at radius 2 is 1.83 bits per heavy atom. The van der Waals surface area contributed by atoms with Crippen molar-refractivity contribution in [1.82, 2.24) is 4.98 Å². The Labute approximate surface area is 129 Å². The van der Waals surface area contributed by atoms with Crippen LogP contribution in [0.4, 0.5) is 17.2 Å². The Morgan fingerprint density at radius 3 is 2.43 bits per heavy atom. The Morgan fingerprint density at radius 1 is 1.13 bits per heavy atom. The van der Waals surface area contributed by atoms with E-state index in [1.54, 1.807) is 0 Å². The molecular weight excluding hydrogens is 308 g/mol. The first-order valence-corrected chi connectivity index (χ1v) is 6.24. The fourth-order valence-electron chi connectivity index (χ4n) is 1.64. The summed E-state index contributed by atoms with van der Waals surface area (Å²) < 4.78 is 5.07. The molecule has 0 saturated carbocycles. The van der Waals surface area contributed by atoms with E-state index >= 15 is 0 Å². The number of non-ortho nitro benzene ring substituents is 1. The number of hydrogen-bond acceptors (Lipinski definition) is 7. The number of nitrogens with one attached hydrogen (secondary N) is 1. The summed E-state index contributed by atoms with van der Waals surface area (Å²) >= 11 is 0. The van der Waals surface area contributed by atoms with Crippen LogP contribution in [0.15, 0.2) is 42.6 Å². The van der Waals surface area contributed by atoms with E-state index < -0.39 is 28.2 Å². The van der Waals surface area contributed by atoms with E-state index in [0.29, 0.717) is 5.69 Å². The number of nitro benzene ring substituents is 1. The maximum absolute atomic E-state index is 11.7. The fourth-order valence-corrected chi connectivity index (χ4v) is 1.64. The Hall–Kier alpha value is -3.56. The van der Waals surface area contributed by atoms with E-state index in [1.807, 2.05) is 0 Å². The van der Waals surface area contributed by atoms with Gasteiger partial charge >= 0.3 is 5.82 Å². The second-order valence-corrected chi connectivity index (χ2v) is 4.22. The summed E-state index contributed by atoms with van der Waals surface area (Å²) in [5.41, 5.74) is 0.232. The van der Waals surface area contributed by atoms with Crippen molar-refractivity contribution in [2.45, 2.75) is 0 Å². The lowest BCUT2D eigenvalue weighted by atomic mass is 10.3. The fraction of sp³-hybridized carbons (Fsp3) is 0.0769. The van der Waals surface area contributed by atoms with E-state index in [9.17, 15) is 25.0 Å². The highest BCUT2D eigenvalue weighted by Gasteiger charge is 2.16. The molecule has 0 fully saturated rings. The highest BCUT2D eigenvalue weighted by molar-refractivity contribution is 5.92. The number of ether oxygens (including phenoxy) is 1. The molecule has 0 saturated heterocycles. The van der Waals surface area contributed by atoms with Gasteiger partial charge in [0.25, 0.3) is 11.6 Å². The molecule has 2 aromatic rings. The van der Waals surface area contributed by atoms with Crippen LogP contribution in [0.3, 0.4) is 0 Å². The Bertz CT molecular complexity index is 746. The minimum Gasteiger partial charge on any atom is -0.476 e. The van der Waals surface area contributed by atoms with Crippen molar-refractivity contribution in [3.05, 3.63) is 62.8 Å². The second kappa shape index (κ2) is 6.93. The number of carbonyl (C=O) groups is 1. The van der Waals surface area contributed by atoms with E-state index in [0.717, 1.165) is 0 Å². The molecule has 1 heterocycles. The van der Waals surface area contributed by atoms with Crippen molar-refractivity contribution in [1.29, 1.82) is 0 Å². The van der Waals surface area contributed by atoms with Gasteiger partial charge in [0.05, 0.1) is 4.92 Å². The van der Waals surface area contributed by atoms with Crippen molar-refractivity contribution in [3.63, 3.8) is 0 Å². The molecule has 1 aromatic heterocycles. The first kappa shape index (κ1) is 15.8. The Balaban J connectivity index is 1.95. The van der Waals surface area contributed by atoms with E-state index in [4.69, 9.17) is 4.74 Å². The number of benzene rings is 1. The minimum absolute atomic E-state index is 0.106. The third-order valence-corrected chi connectivity index (χ3v) is 2.64. The van der Waals surface area contributed by atoms with Crippen LogP contribution < -0.4 is 10.1 Å². The van der Waals surface area contributed by atoms with Gasteiger partial charge in [-0.3, -0.25) is 14.9 Å². The molecule has 0 aliphatic rings. The number of rotatable bonds is 6. The highest BCUT2D eigenvalue weighted by atomic mass is 16.6. The van der Waals surface area contributed by atoms with Crippen LogP contribution in [0, 0.1) is 20.2 Å². The predicted octanol–water partition coefficient (Wildman–Crippen LogP) is 1.92. The number of amides is 1. The van der Waals surface area contributed by atoms with Crippen LogP contribution in [-0.4, -0.2) is 27.3 Å². The van der Waals surface area contributed by atoms with Crippen LogP contribution in [0.1, 0.15) is 0 Å². The van der Waals surface area contributed by atoms with Crippen molar-refractivity contribution in [2.75, 3.05) is 11.9 Å². The van der Waals surface area contributed by atoms with E-state index in [1.165, 1.54) is 42.6 Å². The van der Waals surface area contributed by atoms with Gasteiger partial charge in [-0.05, 0) is 34.2 Å². The molecule has 1 aromatic carbocycles. The van der Waals surface area contributed by atoms with Crippen LogP contribution in [0.2, 0.25) is 0 Å². The lowest BCUT2D eigenvalue weighted by molar-refractivity contribution is -0.390. The number of aromatic nitrogens is 1. The van der Waals surface area contributed by atoms with Gasteiger partial charge in [0.15, 0.2) is 6.61 Å². The number of carbonyl (C=O) groups excluding carboxylic acids is 1. The lowest BCUT2D eigenvalue weighted by Gasteiger charge is -2.07. The van der Waals surface area contributed by atoms with E-state index in [2.05, 4.69) is 10.3 Å². The predicted molar refractivity (Wildman–Crippen MR) is 78.1 cm³/mol. The first-order chi connectivity index (χ1) is 11.0. The molecule has 23 heavy (non-hydrogen) atoms. The molecule has 0 spiro atoms. The summed E-state index contributed by atoms with van der Waals surface area (Å²) in [5.74, 6) is -1.19. The lowest BCUT2D eigenvalue weighted by Crippen LogP contribution is -2.20. The van der Waals surface area contributed by atoms with E-state index in [-0.39, 0.29) is 11.4 Å². The molecule has 0 unspecified atom stereocenters. The summed E-state index contributed by atoms with van der Waals surface area (Å²) in [6.07, 6.45) is 1.24. The zero-order valence-corrected chi connectivity index (χ0v) is 11.5. The maximum Gasteiger partial charge on any atom is 0.406 e. The maximum atomic E-state index is 11.7. The van der Waals surface area contributed by atoms with Gasteiger partial charge in [-0.2, -0.15) is 0 Å². The number of pyridine rings is 1. The van der Waals surface area contributed by atoms with Crippen molar-refractivity contribution >= 4 is 23.1 Å². The molecule has 0 aliphatic heterocycles. The summed E-state index contributed by atoms with van der Waals surface area (Å²) in [7, 11) is 0. The molecule has 0 aliphatic carbocycles. The minimum atomic E-state index is -0.719. The molecule has 0 bridgehead atoms. The van der Waals surface area contributed by atoms with Gasteiger partial charge in [0, 0.05) is 17.8 Å². The number of nitrogens with zero attached hydrogens (tertiary/aromatic N) is 3. The van der Waals surface area contributed by atoms with Crippen LogP contribution in [0.25, 0.3) is 0 Å². The number of anilines is 1. The molecule has 118 valence electrons. The third kappa shape index (κ3) is 4.20. The summed E-state index contributed by atoms with van der Waals surface area (Å²) in [5, 5.41) is 23.7. The highest BCUT2D eigenvalue weighted by Crippen LogP contribution is 2.22. The van der Waals surface area contributed by atoms with Gasteiger partial charge in [-0.1, -0.05) is 0 Å². The topological polar surface area (TPSA) is 138 Å². The standard InChI is InChI=1S/C13H10N4O6/c18-12(15-9-3-5-10(6-4-9)16(19)20)8-23-11-2-1-7-14-13(11)17(21)22/h1-7H,8H2,(H,15,18). The molecule has 0 atom stereocenters. The molecule has 1 N–H and O–H groups in total. The smallest absolute Gasteiger partial charge is 0.406 e. The van der Waals surface area contributed by atoms with Gasteiger partial charge < -0.3 is 20.2 Å². The third-order valence-electron chi connectivity index (χ3n) is 2.64. The summed E-state index contributed by atoms with van der Waals surface area (Å²) in [4.78, 5) is 35.3. The summed E-state index contributed by atoms with van der Waals surface area (Å²) in [6.45, 7) is -0.469. The molecule has 0 radical (unpaired) electrons. The quantitative estimate of drug-likeness (QED) is 0.634. The number of hydrogen-bond donors (Lipinski definition) is 1. The average Bonchev–Trinajstić information content (AvgIpc) is 2.53. The first-order valence-electron chi connectivity index (χ1n) is 6.24. The van der Waals surface area contributed by atoms with Gasteiger partial charge in [-0.25, -0.2) is 0 Å². The van der Waals surface area contributed by atoms with Gasteiger partial charge in [0.2, 0.25) is 5.75 Å². The second-order valence-electron chi connectivity index (χ2n) is 4.22. The van der Waals surface area contributed by atoms with Crippen molar-refractivity contribution < 1.29 is 19.4 Å². The zero-order valence-electron chi connectivity index (χ0n) is 11.5. The normalized spacial score (nSPS) is 9.91. The van der Waals surface area contributed by atoms with Crippen LogP contribution in [0.5, 0.6) is 5.75 Å². The van der Waals surface area contributed by atoms with Gasteiger partial charge in [-0.15, -0.1) is 0 Å². The van der Waals surface area contributed by atoms with Crippen LogP contribution >= 0.6 is 0 Å². The van der Waals surface area contributed by atoms with Crippen molar-refractivity contribution in [3.8, 4) is 5.75 Å². The largest absolute Gasteiger partial charge is 0.476 e. The Kier molecular flexibility index (Phi) is 4.77. The molecule has 10 nitrogen and oxygen atoms in total. The summed E-state index contributed by atoms with van der Waals surface area (Å²) in [6, 6.07) is 7.97. The molecule has 10 heteroatoms. The van der Waals surface area contributed by atoms with Crippen LogP contribution in [-0.2, 0) is 4.79 Å². The molecular formula is C13H10N4O6. The number of nitro groups is 2. The SMILES string of the molecule is O=C(COc1cccnc1[N+](=O)[O-])Nc1ccc([N+](=O)[O-])cc1. The molecule has 2 rings (SSSR count). The monoisotopic (exact) mass is 318 g/mol. The zero-order chi connectivity index (χ0) is 16.8. The average molecular weight is 318 g/mol. The van der Waals surface area contributed by atoms with Gasteiger partial charge in [0.1, 0.15) is 6.20 Å².